The highest BCUT2D eigenvalue weighted by Crippen LogP contribution is 2.38. The van der Waals surface area contributed by atoms with E-state index in [-0.39, 0.29) is 35.8 Å². The number of pyridine rings is 1. The van der Waals surface area contributed by atoms with Gasteiger partial charge in [-0.15, -0.1) is 11.8 Å². The van der Waals surface area contributed by atoms with Crippen molar-refractivity contribution >= 4 is 46.8 Å². The molecule has 9 nitrogen and oxygen atoms in total. The number of amides is 1. The zero-order valence-corrected chi connectivity index (χ0v) is 25.7. The number of rotatable bonds is 12. The number of nitrogens with two attached hydrogens (primary N) is 1. The molecule has 1 aromatic heterocycles. The van der Waals surface area contributed by atoms with Crippen LogP contribution in [0.15, 0.2) is 54.9 Å². The van der Waals surface area contributed by atoms with Crippen LogP contribution in [-0.2, 0) is 22.5 Å². The van der Waals surface area contributed by atoms with E-state index in [1.165, 1.54) is 34.9 Å². The average Bonchev–Trinajstić information content (AvgIpc) is 3.70. The van der Waals surface area contributed by atoms with E-state index in [2.05, 4.69) is 9.72 Å². The number of esters is 1. The van der Waals surface area contributed by atoms with Gasteiger partial charge >= 0.3 is 12.6 Å². The van der Waals surface area contributed by atoms with E-state index < -0.39 is 24.1 Å². The molecule has 14 heteroatoms. The molecule has 1 aliphatic carbocycles. The number of nitrogens with one attached hydrogen (secondary N) is 1. The van der Waals surface area contributed by atoms with Crippen molar-refractivity contribution in [3.05, 3.63) is 87.2 Å². The molecule has 2 heterocycles. The number of alkyl halides is 2. The lowest BCUT2D eigenvalue weighted by Crippen LogP contribution is -2.40. The maximum Gasteiger partial charge on any atom is 0.387 e. The summed E-state index contributed by atoms with van der Waals surface area (Å²) < 4.78 is 42.9. The first-order valence-corrected chi connectivity index (χ1v) is 15.5. The molecule has 1 saturated carbocycles. The normalized spacial score (nSPS) is 16.8. The molecule has 0 radical (unpaired) electrons. The first-order chi connectivity index (χ1) is 20.7. The minimum atomic E-state index is -3.05. The number of thioether (sulfide) groups is 1. The Hall–Kier alpha value is -3.16. The van der Waals surface area contributed by atoms with Gasteiger partial charge in [0.15, 0.2) is 29.3 Å². The van der Waals surface area contributed by atoms with Crippen LogP contribution in [0.1, 0.15) is 46.0 Å². The maximum atomic E-state index is 13.7. The molecule has 2 aromatic carbocycles. The molecule has 2 atom stereocenters. The first kappa shape index (κ1) is 33.7. The van der Waals surface area contributed by atoms with Crippen molar-refractivity contribution in [1.29, 1.82) is 0 Å². The fourth-order valence-corrected chi connectivity index (χ4v) is 6.31. The third-order valence-corrected chi connectivity index (χ3v) is 8.99. The summed E-state index contributed by atoms with van der Waals surface area (Å²) in [5.41, 5.74) is 7.93. The minimum absolute atomic E-state index is 0. The summed E-state index contributed by atoms with van der Waals surface area (Å²) in [5, 5.41) is -0.259. The quantitative estimate of drug-likeness (QED) is 0.249. The fourth-order valence-electron chi connectivity index (χ4n) is 4.68. The van der Waals surface area contributed by atoms with Crippen molar-refractivity contribution in [2.75, 3.05) is 18.9 Å². The van der Waals surface area contributed by atoms with Crippen molar-refractivity contribution in [2.45, 2.75) is 43.9 Å². The first-order valence-electron chi connectivity index (χ1n) is 13.7. The number of aromatic amines is 1. The van der Waals surface area contributed by atoms with Crippen molar-refractivity contribution in [3.63, 3.8) is 0 Å². The van der Waals surface area contributed by atoms with Crippen LogP contribution in [0.4, 0.5) is 8.78 Å². The molecule has 44 heavy (non-hydrogen) atoms. The van der Waals surface area contributed by atoms with E-state index in [0.29, 0.717) is 51.6 Å². The summed E-state index contributed by atoms with van der Waals surface area (Å²) in [4.78, 5) is 31.4. The van der Waals surface area contributed by atoms with E-state index in [9.17, 15) is 18.4 Å². The van der Waals surface area contributed by atoms with E-state index >= 15 is 0 Å². The fraction of sp³-hybridized carbons (Fsp3) is 0.367. The van der Waals surface area contributed by atoms with Gasteiger partial charge in [0, 0.05) is 36.4 Å². The number of ether oxygens (including phenoxy) is 3. The average molecular weight is 671 g/mol. The second kappa shape index (κ2) is 15.2. The van der Waals surface area contributed by atoms with Crippen LogP contribution in [-0.4, -0.2) is 53.1 Å². The van der Waals surface area contributed by atoms with Gasteiger partial charge in [-0.3, -0.25) is 4.79 Å². The standard InChI is InChI=1S/C30H29Cl2F2N3O5S.H2O/c31-22-14-36-15-23(32)21(22)12-25(19-6-7-24(42-30(33)34)26(11-19)40-16-17-4-5-17)41-29(39)28-37(8-9-43-28)27(38)20-3-1-2-18(10-20)13-35;/h1-3,6-7,10-11,14-15,17,25,28,30H,4-5,8-9,12-13,16,35H2;1H2/t25-,28-;/m0./s1. The number of benzene rings is 2. The number of hydrogen-bond acceptors (Lipinski definition) is 8. The molecule has 2 fully saturated rings. The number of hydrogen-bond donors (Lipinski definition) is 1. The zero-order chi connectivity index (χ0) is 30.5. The third kappa shape index (κ3) is 8.30. The Kier molecular flexibility index (Phi) is 11.7. The van der Waals surface area contributed by atoms with Crippen LogP contribution in [0, 0.1) is 5.92 Å². The molecule has 0 unspecified atom stereocenters. The highest BCUT2D eigenvalue weighted by molar-refractivity contribution is 8.00. The summed E-state index contributed by atoms with van der Waals surface area (Å²) >= 11 is 14.2. The Morgan fingerprint density at radius 3 is 2.52 bits per heavy atom. The lowest BCUT2D eigenvalue weighted by Gasteiger charge is -2.26. The van der Waals surface area contributed by atoms with Gasteiger partial charge in [-0.1, -0.05) is 41.4 Å². The molecule has 1 aliphatic heterocycles. The van der Waals surface area contributed by atoms with Gasteiger partial charge in [0.05, 0.1) is 6.61 Å². The van der Waals surface area contributed by atoms with Gasteiger partial charge in [-0.05, 0) is 54.2 Å². The van der Waals surface area contributed by atoms with Crippen LogP contribution >= 0.6 is 35.0 Å². The van der Waals surface area contributed by atoms with Crippen molar-refractivity contribution in [3.8, 4) is 11.5 Å². The molecule has 4 N–H and O–H groups in total. The number of nitrogens with zero attached hydrogens (tertiary/aromatic N) is 1. The van der Waals surface area contributed by atoms with Crippen LogP contribution in [0.5, 0.6) is 11.5 Å². The van der Waals surface area contributed by atoms with Crippen molar-refractivity contribution in [2.24, 2.45) is 11.7 Å². The van der Waals surface area contributed by atoms with Gasteiger partial charge in [0.2, 0.25) is 0 Å². The van der Waals surface area contributed by atoms with Crippen LogP contribution in [0.2, 0.25) is 10.0 Å². The Bertz CT molecular complexity index is 1460. The van der Waals surface area contributed by atoms with Crippen LogP contribution in [0.3, 0.4) is 0 Å². The number of H-pyrrole nitrogens is 1. The van der Waals surface area contributed by atoms with Gasteiger partial charge in [-0.2, -0.15) is 8.78 Å². The van der Waals surface area contributed by atoms with Gasteiger partial charge in [0.25, 0.3) is 5.91 Å². The summed E-state index contributed by atoms with van der Waals surface area (Å²) in [6.45, 7) is -2.07. The van der Waals surface area contributed by atoms with Crippen molar-refractivity contribution < 1.29 is 43.0 Å². The molecule has 0 bridgehead atoms. The third-order valence-electron chi connectivity index (χ3n) is 7.13. The lowest BCUT2D eigenvalue weighted by molar-refractivity contribution is -0.377. The second-order valence-electron chi connectivity index (χ2n) is 10.2. The Labute approximate surface area is 267 Å². The summed E-state index contributed by atoms with van der Waals surface area (Å²) in [5.74, 6) is -0.0820. The number of carbonyl (C=O) groups is 2. The predicted octanol–water partition coefficient (Wildman–Crippen LogP) is 5.52. The number of halogens is 4. The van der Waals surface area contributed by atoms with E-state index in [0.717, 1.165) is 18.4 Å². The highest BCUT2D eigenvalue weighted by Gasteiger charge is 2.38. The summed E-state index contributed by atoms with van der Waals surface area (Å²) in [6, 6.07) is 11.4. The van der Waals surface area contributed by atoms with E-state index in [1.54, 1.807) is 30.6 Å². The molecule has 1 amide bonds. The smallest absolute Gasteiger partial charge is 0.387 e. The maximum absolute atomic E-state index is 13.7. The summed E-state index contributed by atoms with van der Waals surface area (Å²) in [6.07, 6.45) is 4.21. The number of aromatic nitrogens is 1. The van der Waals surface area contributed by atoms with Gasteiger partial charge < -0.3 is 30.3 Å². The van der Waals surface area contributed by atoms with E-state index in [4.69, 9.17) is 38.4 Å². The molecular weight excluding hydrogens is 639 g/mol. The molecule has 3 aromatic rings. The van der Waals surface area contributed by atoms with Gasteiger partial charge in [-0.25, -0.2) is 9.78 Å². The van der Waals surface area contributed by atoms with Crippen LogP contribution in [0.25, 0.3) is 0 Å². The van der Waals surface area contributed by atoms with Crippen LogP contribution < -0.4 is 20.2 Å². The lowest BCUT2D eigenvalue weighted by atomic mass is 10.0. The molecule has 2 aliphatic rings. The molecule has 5 rings (SSSR count). The summed E-state index contributed by atoms with van der Waals surface area (Å²) in [7, 11) is 0. The Morgan fingerprint density at radius 1 is 1.09 bits per heavy atom. The SMILES string of the molecule is NCc1cccc(C(=O)N2CCS[C@H]2C(=O)O[C@@H](Cc2c(Cl)c[nH+]cc2Cl)c2ccc(OC(F)F)c(OCC3CC3)c2)c1.[OH-]. The van der Waals surface area contributed by atoms with Gasteiger partial charge in [0.1, 0.15) is 16.1 Å². The molecule has 236 valence electrons. The highest BCUT2D eigenvalue weighted by atomic mass is 35.5. The Balaban J connectivity index is 0.00000442. The topological polar surface area (TPSA) is 135 Å². The number of carbonyl (C=O) groups excluding carboxylic acids is 2. The largest absolute Gasteiger partial charge is 0.870 e. The zero-order valence-electron chi connectivity index (χ0n) is 23.4. The predicted molar refractivity (Wildman–Crippen MR) is 160 cm³/mol. The Morgan fingerprint density at radius 2 is 1.84 bits per heavy atom. The van der Waals surface area contributed by atoms with E-state index in [1.807, 2.05) is 6.07 Å². The van der Waals surface area contributed by atoms with Crippen molar-refractivity contribution in [1.82, 2.24) is 4.90 Å². The monoisotopic (exact) mass is 669 g/mol. The minimum Gasteiger partial charge on any atom is -0.870 e. The molecule has 0 spiro atoms. The second-order valence-corrected chi connectivity index (χ2v) is 12.2. The molecular formula is C30H31Cl2F2N3O6S. The molecule has 1 saturated heterocycles.